The van der Waals surface area contributed by atoms with Crippen LogP contribution in [0.4, 0.5) is 5.69 Å². The Hall–Kier alpha value is -4.64. The van der Waals surface area contributed by atoms with E-state index in [1.165, 1.54) is 31.2 Å². The second kappa shape index (κ2) is 14.3. The molecule has 3 rings (SSSR count). The Labute approximate surface area is 238 Å². The molecule has 0 aromatic heterocycles. The minimum atomic E-state index is -1.94. The predicted octanol–water partition coefficient (Wildman–Crippen LogP) is -2.10. The smallest absolute Gasteiger partial charge is 0.335 e. The topological polar surface area (TPSA) is 238 Å². The number of aliphatic carboxylic acids is 1. The highest BCUT2D eigenvalue weighted by Gasteiger charge is 2.48. The van der Waals surface area contributed by atoms with Gasteiger partial charge in [-0.25, -0.2) is 4.79 Å². The van der Waals surface area contributed by atoms with E-state index in [0.717, 1.165) is 17.1 Å². The van der Waals surface area contributed by atoms with Gasteiger partial charge in [0.1, 0.15) is 37.2 Å². The third kappa shape index (κ3) is 8.43. The third-order valence-electron chi connectivity index (χ3n) is 5.90. The van der Waals surface area contributed by atoms with Gasteiger partial charge in [-0.15, -0.1) is 0 Å². The van der Waals surface area contributed by atoms with Crippen molar-refractivity contribution in [2.45, 2.75) is 44.1 Å². The van der Waals surface area contributed by atoms with Crippen LogP contribution in [0.2, 0.25) is 0 Å². The van der Waals surface area contributed by atoms with Crippen LogP contribution in [0.3, 0.4) is 0 Å². The fourth-order valence-corrected chi connectivity index (χ4v) is 3.79. The summed E-state index contributed by atoms with van der Waals surface area (Å²) in [5.41, 5.74) is 0.513. The Kier molecular flexibility index (Phi) is 10.9. The van der Waals surface area contributed by atoms with Gasteiger partial charge in [-0.3, -0.25) is 28.9 Å². The average Bonchev–Trinajstić information content (AvgIpc) is 3.24. The van der Waals surface area contributed by atoms with Crippen molar-refractivity contribution in [3.63, 3.8) is 0 Å². The van der Waals surface area contributed by atoms with Crippen molar-refractivity contribution < 1.29 is 63.4 Å². The third-order valence-corrected chi connectivity index (χ3v) is 5.90. The molecule has 2 aliphatic heterocycles. The molecule has 0 aliphatic carbocycles. The van der Waals surface area contributed by atoms with Gasteiger partial charge in [0, 0.05) is 32.0 Å². The van der Waals surface area contributed by atoms with Crippen molar-refractivity contribution in [3.05, 3.63) is 42.0 Å². The lowest BCUT2D eigenvalue weighted by Gasteiger charge is -2.38. The highest BCUT2D eigenvalue weighted by Crippen LogP contribution is 2.31. The van der Waals surface area contributed by atoms with E-state index in [1.807, 2.05) is 0 Å². The number of carboxylic acids is 1. The fourth-order valence-electron chi connectivity index (χ4n) is 3.79. The molecule has 1 fully saturated rings. The Bertz CT molecular complexity index is 1280. The molecule has 2 aliphatic rings. The first-order valence-corrected chi connectivity index (χ1v) is 12.5. The molecule has 16 nitrogen and oxygen atoms in total. The van der Waals surface area contributed by atoms with Gasteiger partial charge in [-0.05, 0) is 23.8 Å². The molecule has 5 atom stereocenters. The Morgan fingerprint density at radius 2 is 1.71 bits per heavy atom. The zero-order chi connectivity index (χ0) is 31.0. The highest BCUT2D eigenvalue weighted by atomic mass is 16.7. The van der Waals surface area contributed by atoms with Crippen LogP contribution in [0.5, 0.6) is 5.75 Å². The first kappa shape index (κ1) is 31.9. The lowest BCUT2D eigenvalue weighted by Crippen LogP contribution is -2.61. The van der Waals surface area contributed by atoms with Gasteiger partial charge >= 0.3 is 11.9 Å². The molecule has 0 radical (unpaired) electrons. The summed E-state index contributed by atoms with van der Waals surface area (Å²) in [4.78, 5) is 71.0. The van der Waals surface area contributed by atoms with Crippen LogP contribution in [-0.4, -0.2) is 111 Å². The molecule has 0 spiro atoms. The number of carbonyl (C=O) groups excluding carboxylic acids is 5. The second-order valence-electron chi connectivity index (χ2n) is 9.06. The van der Waals surface area contributed by atoms with Crippen LogP contribution in [0.1, 0.15) is 18.9 Å². The molecule has 0 saturated carbocycles. The Morgan fingerprint density at radius 1 is 1.02 bits per heavy atom. The van der Waals surface area contributed by atoms with Crippen LogP contribution in [0.25, 0.3) is 6.08 Å². The Balaban J connectivity index is 1.69. The standard InChI is InChI=1S/C26H29N3O13/c1-13(30)40-10-2-3-14-4-5-16(41-26-23(37)21(35)22(36)24(42-26)25(38)39)15(11-14)28-17(31)8-9-27-18(32)12-29-19(33)6-7-20(29)34/h2-7,11,21-24,26,35-37H,8-10,12H2,1H3,(H,27,32)(H,28,31)(H,38,39)/b3-2+/t21-,22-,23+,24-,26+/m0/s1. The number of hydrogen-bond acceptors (Lipinski definition) is 12. The summed E-state index contributed by atoms with van der Waals surface area (Å²) in [7, 11) is 0. The van der Waals surface area contributed by atoms with Gasteiger partial charge in [0.25, 0.3) is 11.8 Å². The number of carbonyl (C=O) groups is 6. The van der Waals surface area contributed by atoms with Crippen LogP contribution in [0, 0.1) is 0 Å². The summed E-state index contributed by atoms with van der Waals surface area (Å²) >= 11 is 0. The van der Waals surface area contributed by atoms with E-state index in [-0.39, 0.29) is 31.0 Å². The van der Waals surface area contributed by atoms with Crippen molar-refractivity contribution in [3.8, 4) is 5.75 Å². The number of imide groups is 1. The zero-order valence-corrected chi connectivity index (χ0v) is 22.2. The summed E-state index contributed by atoms with van der Waals surface area (Å²) in [5, 5.41) is 44.5. The molecule has 0 bridgehead atoms. The number of aliphatic hydroxyl groups is 3. The molecule has 0 unspecified atom stereocenters. The lowest BCUT2D eigenvalue weighted by molar-refractivity contribution is -0.271. The van der Waals surface area contributed by atoms with Gasteiger partial charge in [-0.1, -0.05) is 12.1 Å². The van der Waals surface area contributed by atoms with Crippen molar-refractivity contribution in [1.82, 2.24) is 10.2 Å². The number of hydrogen-bond donors (Lipinski definition) is 6. The van der Waals surface area contributed by atoms with E-state index in [0.29, 0.717) is 5.56 Å². The normalized spacial score (nSPS) is 23.6. The summed E-state index contributed by atoms with van der Waals surface area (Å²) < 4.78 is 15.6. The molecular weight excluding hydrogens is 562 g/mol. The molecule has 1 saturated heterocycles. The maximum atomic E-state index is 12.7. The predicted molar refractivity (Wildman–Crippen MR) is 139 cm³/mol. The molecule has 1 aromatic carbocycles. The number of nitrogens with one attached hydrogen (secondary N) is 2. The number of benzene rings is 1. The van der Waals surface area contributed by atoms with Gasteiger partial charge in [-0.2, -0.15) is 0 Å². The van der Waals surface area contributed by atoms with E-state index in [2.05, 4.69) is 10.6 Å². The maximum Gasteiger partial charge on any atom is 0.335 e. The van der Waals surface area contributed by atoms with Gasteiger partial charge in [0.2, 0.25) is 18.1 Å². The number of carboxylic acid groups (broad SMARTS) is 1. The number of nitrogens with zero attached hydrogens (tertiary/aromatic N) is 1. The van der Waals surface area contributed by atoms with Crippen LogP contribution >= 0.6 is 0 Å². The van der Waals surface area contributed by atoms with Crippen LogP contribution in [0.15, 0.2) is 36.4 Å². The monoisotopic (exact) mass is 591 g/mol. The maximum absolute atomic E-state index is 12.7. The molecule has 4 amide bonds. The Morgan fingerprint density at radius 3 is 2.36 bits per heavy atom. The van der Waals surface area contributed by atoms with Gasteiger partial charge < -0.3 is 45.3 Å². The molecule has 6 N–H and O–H groups in total. The first-order chi connectivity index (χ1) is 19.9. The number of anilines is 1. The summed E-state index contributed by atoms with van der Waals surface area (Å²) in [6.45, 7) is 0.527. The summed E-state index contributed by atoms with van der Waals surface area (Å²) in [6.07, 6.45) is -4.50. The van der Waals surface area contributed by atoms with Crippen molar-refractivity contribution in [1.29, 1.82) is 0 Å². The van der Waals surface area contributed by atoms with Crippen LogP contribution < -0.4 is 15.4 Å². The largest absolute Gasteiger partial charge is 0.479 e. The number of amides is 4. The molecule has 226 valence electrons. The number of esters is 1. The van der Waals surface area contributed by atoms with E-state index < -0.39 is 72.8 Å². The van der Waals surface area contributed by atoms with Gasteiger partial charge in [0.05, 0.1) is 5.69 Å². The summed E-state index contributed by atoms with van der Waals surface area (Å²) in [6, 6.07) is 4.30. The minimum absolute atomic E-state index is 0.0172. The van der Waals surface area contributed by atoms with Gasteiger partial charge in [0.15, 0.2) is 6.10 Å². The fraction of sp³-hybridized carbons (Fsp3) is 0.385. The molecule has 42 heavy (non-hydrogen) atoms. The lowest BCUT2D eigenvalue weighted by atomic mass is 9.99. The number of ether oxygens (including phenoxy) is 3. The van der Waals surface area contributed by atoms with E-state index >= 15 is 0 Å². The quantitative estimate of drug-likeness (QED) is 0.113. The molecule has 1 aromatic rings. The minimum Gasteiger partial charge on any atom is -0.479 e. The van der Waals surface area contributed by atoms with E-state index in [1.54, 1.807) is 6.08 Å². The second-order valence-corrected chi connectivity index (χ2v) is 9.06. The molecular formula is C26H29N3O13. The summed E-state index contributed by atoms with van der Waals surface area (Å²) in [5.74, 6) is -4.77. The molecule has 16 heteroatoms. The highest BCUT2D eigenvalue weighted by molar-refractivity contribution is 6.14. The first-order valence-electron chi connectivity index (χ1n) is 12.5. The zero-order valence-electron chi connectivity index (χ0n) is 22.2. The van der Waals surface area contributed by atoms with Crippen molar-refractivity contribution in [2.75, 3.05) is 25.0 Å². The van der Waals surface area contributed by atoms with Crippen LogP contribution in [-0.2, 0) is 38.2 Å². The average molecular weight is 592 g/mol. The number of rotatable bonds is 12. The van der Waals surface area contributed by atoms with Crippen molar-refractivity contribution >= 4 is 47.3 Å². The van der Waals surface area contributed by atoms with E-state index in [4.69, 9.17) is 14.2 Å². The number of aliphatic hydroxyl groups excluding tert-OH is 3. The molecule has 2 heterocycles. The van der Waals surface area contributed by atoms with Crippen molar-refractivity contribution in [2.24, 2.45) is 0 Å². The van der Waals surface area contributed by atoms with E-state index in [9.17, 15) is 49.2 Å². The SMILES string of the molecule is CC(=O)OC/C=C/c1ccc(O[C@@H]2O[C@H](C(=O)O)[C@@H](O)[C@H](O)[C@H]2O)c(NC(=O)CCNC(=O)CN2C(=O)C=CC2=O)c1.